The van der Waals surface area contributed by atoms with E-state index in [1.165, 1.54) is 216 Å². The number of ether oxygens (including phenoxy) is 1. The lowest BCUT2D eigenvalue weighted by molar-refractivity contribution is -0.124. The van der Waals surface area contributed by atoms with Crippen molar-refractivity contribution in [2.45, 2.75) is 279 Å². The van der Waals surface area contributed by atoms with Crippen LogP contribution in [0.1, 0.15) is 270 Å². The van der Waals surface area contributed by atoms with Gasteiger partial charge in [-0.2, -0.15) is 0 Å². The van der Waals surface area contributed by atoms with Gasteiger partial charge in [0.05, 0.1) is 6.10 Å². The van der Waals surface area contributed by atoms with E-state index in [0.29, 0.717) is 42.3 Å². The molecule has 10 atom stereocenters. The number of ketones is 2. The van der Waals surface area contributed by atoms with Crippen LogP contribution in [0.4, 0.5) is 4.39 Å². The van der Waals surface area contributed by atoms with Gasteiger partial charge in [-0.25, -0.2) is 4.39 Å². The van der Waals surface area contributed by atoms with E-state index in [2.05, 4.69) is 98.0 Å². The Morgan fingerprint density at radius 3 is 1.77 bits per heavy atom. The molecule has 4 nitrogen and oxygen atoms in total. The van der Waals surface area contributed by atoms with E-state index >= 15 is 0 Å². The third kappa shape index (κ3) is 19.3. The van der Waals surface area contributed by atoms with Crippen LogP contribution >= 0.6 is 0 Å². The molecule has 0 aromatic heterocycles. The molecule has 4 fully saturated rings. The zero-order valence-electron chi connectivity index (χ0n) is 57.8. The number of hydrogen-bond donors (Lipinski definition) is 0. The van der Waals surface area contributed by atoms with Crippen molar-refractivity contribution in [3.05, 3.63) is 153 Å². The highest BCUT2D eigenvalue weighted by Crippen LogP contribution is 2.56. The molecule has 5 heteroatoms. The van der Waals surface area contributed by atoms with Crippen molar-refractivity contribution in [1.29, 1.82) is 0 Å². The van der Waals surface area contributed by atoms with Crippen molar-refractivity contribution in [3.63, 3.8) is 0 Å². The van der Waals surface area contributed by atoms with Crippen LogP contribution in [0.5, 0.6) is 0 Å². The van der Waals surface area contributed by atoms with Gasteiger partial charge in [0.2, 0.25) is 0 Å². The molecule has 7 aliphatic carbocycles. The third-order valence-electron chi connectivity index (χ3n) is 24.1. The van der Waals surface area contributed by atoms with Gasteiger partial charge in [-0.1, -0.05) is 228 Å². The topological polar surface area (TPSA) is 60.4 Å². The highest BCUT2D eigenvalue weighted by Gasteiger charge is 2.46. The maximum absolute atomic E-state index is 14.1. The van der Waals surface area contributed by atoms with Crippen LogP contribution in [-0.2, 0) is 32.0 Å². The zero-order chi connectivity index (χ0) is 64.0. The second-order valence-electron chi connectivity index (χ2n) is 32.4. The average molecular weight is 1230 g/mol. The Balaban J connectivity index is 0.000000227. The Bertz CT molecular complexity index is 2890. The smallest absolute Gasteiger partial charge is 0.163 e. The summed E-state index contributed by atoms with van der Waals surface area (Å²) in [4.78, 5) is 37.9. The fraction of sp³-hybridized carbons (Fsp3) is 0.659. The number of carbonyl (C=O) groups excluding carboxylic acids is 3. The van der Waals surface area contributed by atoms with Crippen molar-refractivity contribution < 1.29 is 23.5 Å². The van der Waals surface area contributed by atoms with E-state index < -0.39 is 0 Å². The first kappa shape index (κ1) is 69.9. The summed E-state index contributed by atoms with van der Waals surface area (Å²) in [5.74, 6) is 6.81. The molecule has 90 heavy (non-hydrogen) atoms. The van der Waals surface area contributed by atoms with Crippen LogP contribution in [0.15, 0.2) is 131 Å². The van der Waals surface area contributed by atoms with E-state index in [1.807, 2.05) is 0 Å². The maximum atomic E-state index is 14.1. The molecule has 0 spiro atoms. The summed E-state index contributed by atoms with van der Waals surface area (Å²) in [5, 5.41) is 0. The second-order valence-corrected chi connectivity index (χ2v) is 32.4. The van der Waals surface area contributed by atoms with Gasteiger partial charge in [-0.05, 0) is 219 Å². The van der Waals surface area contributed by atoms with Crippen LogP contribution in [0.2, 0.25) is 0 Å². The first-order valence-electron chi connectivity index (χ1n) is 37.1. The van der Waals surface area contributed by atoms with Gasteiger partial charge >= 0.3 is 0 Å². The predicted molar refractivity (Wildman–Crippen MR) is 375 cm³/mol. The molecule has 3 saturated carbocycles. The lowest BCUT2D eigenvalue weighted by Crippen LogP contribution is -2.32. The van der Waals surface area contributed by atoms with Gasteiger partial charge in [0.1, 0.15) is 17.9 Å². The minimum absolute atomic E-state index is 0.00571. The minimum Gasteiger partial charge on any atom is -0.374 e. The van der Waals surface area contributed by atoms with Crippen LogP contribution in [-0.4, -0.2) is 30.6 Å². The van der Waals surface area contributed by atoms with Crippen LogP contribution in [0.3, 0.4) is 0 Å². The van der Waals surface area contributed by atoms with Crippen LogP contribution in [0.25, 0.3) is 0 Å². The van der Waals surface area contributed by atoms with E-state index in [4.69, 9.17) is 11.3 Å². The quantitative estimate of drug-likeness (QED) is 0.0484. The number of aryl methyl sites for hydroxylation is 1. The molecule has 2 aromatic carbocycles. The minimum atomic E-state index is -0.242. The fourth-order valence-electron chi connectivity index (χ4n) is 18.6. The lowest BCUT2D eigenvalue weighted by Gasteiger charge is -2.40. The fourth-order valence-corrected chi connectivity index (χ4v) is 18.6. The molecule has 0 bridgehead atoms. The normalized spacial score (nSPS) is 28.4. The summed E-state index contributed by atoms with van der Waals surface area (Å²) < 4.78 is 19.9. The Hall–Kier alpha value is -4.48. The molecule has 0 radical (unpaired) electrons. The molecular formula is C85H121FO4. The summed E-state index contributed by atoms with van der Waals surface area (Å²) >= 11 is 0. The summed E-state index contributed by atoms with van der Waals surface area (Å²) in [5.41, 5.74) is 15.3. The number of aldehydes is 1. The molecule has 2 aromatic rings. The Morgan fingerprint density at radius 2 is 1.13 bits per heavy atom. The first-order chi connectivity index (χ1) is 43.2. The van der Waals surface area contributed by atoms with Gasteiger partial charge < -0.3 is 9.53 Å². The number of rotatable bonds is 28. The van der Waals surface area contributed by atoms with Gasteiger partial charge in [-0.3, -0.25) is 9.59 Å². The molecule has 1 saturated heterocycles. The number of carbonyl (C=O) groups is 3. The first-order valence-corrected chi connectivity index (χ1v) is 37.1. The van der Waals surface area contributed by atoms with Crippen LogP contribution < -0.4 is 0 Å². The molecule has 5 unspecified atom stereocenters. The second kappa shape index (κ2) is 33.1. The van der Waals surface area contributed by atoms with E-state index in [9.17, 15) is 18.8 Å². The number of benzene rings is 2. The SMILES string of the molecule is C=C(CC1C[C@@H](C)CC[C@@H]1CC1CCO[C@H](C(=C)CCCCCCCCCCCCC=O)C1)C1CC(C)(C)C2=C1C=C(Cc1ccc(F)cc1)C(=O)C2.C=C1CC2=C(C=C1Cc1ccc(C)cc1)C(C(=O)CC1C[C@@H](C)CC[C@@H]1CC1CCCCC1)CC2(C)C. The number of allylic oxidation sites excluding steroid dienone is 10. The Kier molecular flexibility index (Phi) is 25.7. The maximum Gasteiger partial charge on any atom is 0.163 e. The number of hydrogen-bond acceptors (Lipinski definition) is 4. The van der Waals surface area contributed by atoms with Gasteiger partial charge in [-0.15, -0.1) is 0 Å². The molecule has 8 aliphatic rings. The van der Waals surface area contributed by atoms with Crippen molar-refractivity contribution in [2.75, 3.05) is 6.61 Å². The standard InChI is InChI=1S/C49H71FO3.C36H50O/c1-35-18-21-40(30-39-24-26-53-48(31-39)36(2)17-15-13-11-9-7-6-8-10-12-14-16-25-51)41(27-35)28-37(3)45-34-49(4,5)46-33-47(52)42(32-44(45)46)29-38-19-22-43(50)23-20-38;1-24-11-14-28(15-12-24)20-30-21-32-33(23-36(4,5)34(32)18-26(30)3)35(37)22-31-17-25(2)13-16-29(31)19-27-9-7-6-8-10-27/h19-20,22-23,25,32,35,39-41,45,48H,2-3,6-18,21,24,26-31,33-34H2,1,4-5H3;11-12,14-15,21,25,27,29,31,33H,3,6-10,13,16-20,22-23H2,1-2,4-5H3/t35-,39?,40+,41?,45?,48-;25-,29+,31?,33?/m00/s1. The molecule has 1 aliphatic heterocycles. The monoisotopic (exact) mass is 1220 g/mol. The van der Waals surface area contributed by atoms with Gasteiger partial charge in [0.25, 0.3) is 0 Å². The van der Waals surface area contributed by atoms with E-state index in [1.54, 1.807) is 12.1 Å². The van der Waals surface area contributed by atoms with E-state index in [0.717, 1.165) is 118 Å². The van der Waals surface area contributed by atoms with Crippen molar-refractivity contribution in [1.82, 2.24) is 0 Å². The molecular weight excluding hydrogens is 1100 g/mol. The van der Waals surface area contributed by atoms with Crippen molar-refractivity contribution in [2.24, 2.45) is 70.0 Å². The Labute approximate surface area is 547 Å². The predicted octanol–water partition coefficient (Wildman–Crippen LogP) is 23.0. The van der Waals surface area contributed by atoms with Gasteiger partial charge in [0, 0.05) is 49.7 Å². The number of unbranched alkanes of at least 4 members (excludes halogenated alkanes) is 10. The molecule has 0 N–H and O–H groups in total. The summed E-state index contributed by atoms with van der Waals surface area (Å²) in [6.07, 6.45) is 47.2. The lowest BCUT2D eigenvalue weighted by atomic mass is 9.67. The van der Waals surface area contributed by atoms with Crippen molar-refractivity contribution >= 4 is 17.9 Å². The van der Waals surface area contributed by atoms with Gasteiger partial charge in [0.15, 0.2) is 5.78 Å². The molecule has 0 amide bonds. The number of halogens is 1. The molecule has 10 rings (SSSR count). The molecule has 1 heterocycles. The summed E-state index contributed by atoms with van der Waals surface area (Å²) in [7, 11) is 0. The highest BCUT2D eigenvalue weighted by atomic mass is 19.1. The average Bonchev–Trinajstić information content (AvgIpc) is 1.61. The third-order valence-corrected chi connectivity index (χ3v) is 24.1. The molecule has 492 valence electrons. The Morgan fingerprint density at radius 1 is 0.600 bits per heavy atom. The summed E-state index contributed by atoms with van der Waals surface area (Å²) in [6.45, 7) is 31.0. The summed E-state index contributed by atoms with van der Waals surface area (Å²) in [6, 6.07) is 15.5. The zero-order valence-corrected chi connectivity index (χ0v) is 57.8. The van der Waals surface area contributed by atoms with Crippen molar-refractivity contribution in [3.8, 4) is 0 Å². The van der Waals surface area contributed by atoms with Crippen LogP contribution in [0, 0.1) is 82.7 Å². The largest absolute Gasteiger partial charge is 0.374 e. The van der Waals surface area contributed by atoms with E-state index in [-0.39, 0.29) is 34.5 Å². The highest BCUT2D eigenvalue weighted by molar-refractivity contribution is 6.00. The number of Topliss-reactive ketones (excluding diaryl/α,β-unsaturated/α-hetero) is 2.